The third kappa shape index (κ3) is 4.78. The minimum Gasteiger partial charge on any atom is -0.458 e. The lowest BCUT2D eigenvalue weighted by molar-refractivity contribution is -0.170. The number of amides is 1. The normalized spacial score (nSPS) is 42.2. The summed E-state index contributed by atoms with van der Waals surface area (Å²) in [5.74, 6) is 2.83. The number of hydrogen-bond acceptors (Lipinski definition) is 5. The molecule has 0 aromatic carbocycles. The van der Waals surface area contributed by atoms with Crippen LogP contribution in [0.1, 0.15) is 99.8 Å². The highest BCUT2D eigenvalue weighted by Gasteiger charge is 2.61. The van der Waals surface area contributed by atoms with Crippen molar-refractivity contribution in [2.45, 2.75) is 112 Å². The Bertz CT molecular complexity index is 1080. The van der Waals surface area contributed by atoms with Crippen molar-refractivity contribution in [3.05, 3.63) is 23.4 Å². The molecule has 3 fully saturated rings. The van der Waals surface area contributed by atoms with Crippen molar-refractivity contribution in [2.24, 2.45) is 46.3 Å². The van der Waals surface area contributed by atoms with Crippen LogP contribution in [-0.4, -0.2) is 41.5 Å². The largest absolute Gasteiger partial charge is 0.458 e. The van der Waals surface area contributed by atoms with Gasteiger partial charge in [0.15, 0.2) is 6.10 Å². The summed E-state index contributed by atoms with van der Waals surface area (Å²) in [6.07, 6.45) is 12.4. The molecule has 0 unspecified atom stereocenters. The van der Waals surface area contributed by atoms with Crippen molar-refractivity contribution in [1.82, 2.24) is 4.90 Å². The van der Waals surface area contributed by atoms with Crippen LogP contribution in [0.25, 0.3) is 0 Å². The van der Waals surface area contributed by atoms with Gasteiger partial charge >= 0.3 is 11.9 Å². The second-order valence-electron chi connectivity index (χ2n) is 14.0. The van der Waals surface area contributed by atoms with Crippen molar-refractivity contribution in [1.29, 1.82) is 0 Å². The Kier molecular flexibility index (Phi) is 7.56. The lowest BCUT2D eigenvalue weighted by Crippen LogP contribution is -2.55. The maximum absolute atomic E-state index is 12.6. The smallest absolute Gasteiger partial charge is 0.303 e. The molecule has 0 spiro atoms. The van der Waals surface area contributed by atoms with Crippen LogP contribution >= 0.6 is 0 Å². The molecular formula is C33H49NO5. The maximum atomic E-state index is 12.6. The zero-order valence-corrected chi connectivity index (χ0v) is 25.1. The van der Waals surface area contributed by atoms with Crippen LogP contribution < -0.4 is 0 Å². The highest BCUT2D eigenvalue weighted by atomic mass is 16.6. The van der Waals surface area contributed by atoms with Gasteiger partial charge in [-0.25, -0.2) is 0 Å². The van der Waals surface area contributed by atoms with Crippen LogP contribution in [-0.2, 0) is 23.9 Å². The van der Waals surface area contributed by atoms with Crippen molar-refractivity contribution < 1.29 is 23.9 Å². The second-order valence-corrected chi connectivity index (χ2v) is 14.0. The Hall–Kier alpha value is -2.11. The molecule has 0 saturated heterocycles. The van der Waals surface area contributed by atoms with Crippen LogP contribution in [0.3, 0.4) is 0 Å². The number of rotatable bonds is 4. The molecule has 5 aliphatic rings. The van der Waals surface area contributed by atoms with Gasteiger partial charge in [0.1, 0.15) is 6.10 Å². The highest BCUT2D eigenvalue weighted by molar-refractivity contribution is 5.75. The summed E-state index contributed by atoms with van der Waals surface area (Å²) < 4.78 is 11.5. The lowest BCUT2D eigenvalue weighted by atomic mass is 9.46. The summed E-state index contributed by atoms with van der Waals surface area (Å²) >= 11 is 0. The molecule has 0 N–H and O–H groups in total. The van der Waals surface area contributed by atoms with Gasteiger partial charge in [-0.05, 0) is 103 Å². The number of hydrogen-bond donors (Lipinski definition) is 0. The van der Waals surface area contributed by atoms with Gasteiger partial charge in [-0.1, -0.05) is 39.8 Å². The van der Waals surface area contributed by atoms with Gasteiger partial charge < -0.3 is 14.4 Å². The summed E-state index contributed by atoms with van der Waals surface area (Å²) in [5.41, 5.74) is 2.67. The molecule has 6 nitrogen and oxygen atoms in total. The van der Waals surface area contributed by atoms with Crippen molar-refractivity contribution in [3.8, 4) is 0 Å². The SMILES string of the molecule is CC(=O)O[C@H]1CC[C@@]2(C)C(=CC[C@H]3[C@@H]4CC[C@H]([C@@H](C)C5=CC[C@H](C)CN5C(C)=O)[C@@]4(C)CC[C@@H]32)[C@H]1OC(C)=O. The fraction of sp³-hybridized carbons (Fsp3) is 0.788. The van der Waals surface area contributed by atoms with Gasteiger partial charge in [-0.3, -0.25) is 14.4 Å². The maximum Gasteiger partial charge on any atom is 0.303 e. The number of ether oxygens (including phenoxy) is 2. The molecule has 39 heavy (non-hydrogen) atoms. The van der Waals surface area contributed by atoms with Crippen molar-refractivity contribution in [3.63, 3.8) is 0 Å². The molecule has 216 valence electrons. The molecule has 5 rings (SSSR count). The fourth-order valence-corrected chi connectivity index (χ4v) is 10.1. The van der Waals surface area contributed by atoms with Crippen molar-refractivity contribution >= 4 is 17.8 Å². The molecule has 1 amide bonds. The zero-order chi connectivity index (χ0) is 28.3. The van der Waals surface area contributed by atoms with Crippen LogP contribution in [0.4, 0.5) is 0 Å². The van der Waals surface area contributed by atoms with Gasteiger partial charge in [0, 0.05) is 33.0 Å². The number of fused-ring (bicyclic) bond motifs is 5. The zero-order valence-electron chi connectivity index (χ0n) is 25.1. The van der Waals surface area contributed by atoms with E-state index in [1.54, 1.807) is 6.92 Å². The highest BCUT2D eigenvalue weighted by Crippen LogP contribution is 2.67. The molecule has 6 heteroatoms. The van der Waals surface area contributed by atoms with Gasteiger partial charge in [-0.2, -0.15) is 0 Å². The molecular weight excluding hydrogens is 490 g/mol. The topological polar surface area (TPSA) is 72.9 Å². The molecule has 0 radical (unpaired) electrons. The van der Waals surface area contributed by atoms with Gasteiger partial charge in [-0.15, -0.1) is 0 Å². The number of allylic oxidation sites excluding steroid dienone is 3. The molecule has 1 heterocycles. The third-order valence-corrected chi connectivity index (χ3v) is 11.8. The number of nitrogens with zero attached hydrogens (tertiary/aromatic N) is 1. The van der Waals surface area contributed by atoms with Gasteiger partial charge in [0.05, 0.1) is 0 Å². The summed E-state index contributed by atoms with van der Waals surface area (Å²) in [7, 11) is 0. The summed E-state index contributed by atoms with van der Waals surface area (Å²) in [4.78, 5) is 38.6. The Morgan fingerprint density at radius 3 is 2.31 bits per heavy atom. The quantitative estimate of drug-likeness (QED) is 0.303. The molecule has 1 aliphatic heterocycles. The molecule has 10 atom stereocenters. The van der Waals surface area contributed by atoms with E-state index >= 15 is 0 Å². The summed E-state index contributed by atoms with van der Waals surface area (Å²) in [5, 5.41) is 0. The van der Waals surface area contributed by atoms with E-state index in [0.717, 1.165) is 32.2 Å². The number of esters is 2. The monoisotopic (exact) mass is 539 g/mol. The molecule has 3 saturated carbocycles. The molecule has 0 aromatic rings. The van der Waals surface area contributed by atoms with Gasteiger partial charge in [0.25, 0.3) is 0 Å². The standard InChI is InChI=1S/C33H49NO5/c1-19-8-13-29(34(18-19)21(3)35)20(2)25-11-12-26-24-9-10-28-31(39-23(5)37)30(38-22(4)36)15-17-33(28,7)27(24)14-16-32(25,26)6/h10,13,19-20,24-27,30-31H,8-9,11-12,14-18H2,1-7H3/t19-,20+,24-,25+,26-,27-,30-,31+,32+,33+/m0/s1. The Labute approximate surface area is 234 Å². The molecule has 0 aromatic heterocycles. The average molecular weight is 540 g/mol. The van der Waals surface area contributed by atoms with Crippen LogP contribution in [0.5, 0.6) is 0 Å². The summed E-state index contributed by atoms with van der Waals surface area (Å²) in [6.45, 7) is 15.0. The first kappa shape index (κ1) is 28.4. The number of carbonyl (C=O) groups is 3. The van der Waals surface area contributed by atoms with E-state index in [1.807, 2.05) is 0 Å². The van der Waals surface area contributed by atoms with Crippen LogP contribution in [0, 0.1) is 46.3 Å². The summed E-state index contributed by atoms with van der Waals surface area (Å²) in [6, 6.07) is 0. The third-order valence-electron chi connectivity index (χ3n) is 11.8. The van der Waals surface area contributed by atoms with E-state index in [1.165, 1.54) is 50.8 Å². The molecule has 0 bridgehead atoms. The average Bonchev–Trinajstić information content (AvgIpc) is 3.21. The first-order valence-corrected chi connectivity index (χ1v) is 15.4. The minimum absolute atomic E-state index is 0.0435. The van der Waals surface area contributed by atoms with E-state index < -0.39 is 12.2 Å². The predicted octanol–water partition coefficient (Wildman–Crippen LogP) is 6.45. The molecule has 4 aliphatic carbocycles. The Morgan fingerprint density at radius 2 is 1.64 bits per heavy atom. The first-order valence-electron chi connectivity index (χ1n) is 15.4. The number of carbonyl (C=O) groups excluding carboxylic acids is 3. The van der Waals surface area contributed by atoms with Crippen LogP contribution in [0.2, 0.25) is 0 Å². The lowest BCUT2D eigenvalue weighted by Gasteiger charge is -2.59. The van der Waals surface area contributed by atoms with Crippen molar-refractivity contribution in [2.75, 3.05) is 6.54 Å². The Balaban J connectivity index is 1.41. The predicted molar refractivity (Wildman–Crippen MR) is 150 cm³/mol. The second kappa shape index (κ2) is 10.4. The van der Waals surface area contributed by atoms with Crippen LogP contribution in [0.15, 0.2) is 23.4 Å². The van der Waals surface area contributed by atoms with E-state index in [0.29, 0.717) is 35.5 Å². The first-order chi connectivity index (χ1) is 18.4. The van der Waals surface area contributed by atoms with E-state index in [-0.39, 0.29) is 28.7 Å². The Morgan fingerprint density at radius 1 is 0.923 bits per heavy atom. The minimum atomic E-state index is -0.478. The fourth-order valence-electron chi connectivity index (χ4n) is 10.1. The van der Waals surface area contributed by atoms with Gasteiger partial charge in [0.2, 0.25) is 5.91 Å². The van der Waals surface area contributed by atoms with E-state index in [9.17, 15) is 14.4 Å². The van der Waals surface area contributed by atoms with E-state index in [4.69, 9.17) is 9.47 Å². The van der Waals surface area contributed by atoms with E-state index in [2.05, 4.69) is 44.7 Å².